The second kappa shape index (κ2) is 9.99. The van der Waals surface area contributed by atoms with Crippen LogP contribution in [0.5, 0.6) is 0 Å². The van der Waals surface area contributed by atoms with Crippen LogP contribution >= 0.6 is 0 Å². The van der Waals surface area contributed by atoms with Crippen LogP contribution in [0.2, 0.25) is 0 Å². The summed E-state index contributed by atoms with van der Waals surface area (Å²) in [5, 5.41) is 0.805. The number of nitrogens with zero attached hydrogens (tertiary/aromatic N) is 2. The number of rotatable bonds is 6. The van der Waals surface area contributed by atoms with Crippen LogP contribution in [0, 0.1) is 24.7 Å². The molecule has 3 heterocycles. The Labute approximate surface area is 189 Å². The highest BCUT2D eigenvalue weighted by Gasteiger charge is 2.57. The maximum Gasteiger partial charge on any atom is 0.314 e. The van der Waals surface area contributed by atoms with Crippen LogP contribution in [0.25, 0.3) is 11.0 Å². The van der Waals surface area contributed by atoms with Gasteiger partial charge >= 0.3 is 23.9 Å². The third-order valence-corrected chi connectivity index (χ3v) is 5.92. The highest BCUT2D eigenvalue weighted by atomic mass is 16.6. The predicted molar refractivity (Wildman–Crippen MR) is 112 cm³/mol. The van der Waals surface area contributed by atoms with Gasteiger partial charge in [0.05, 0.1) is 52.8 Å². The molecule has 1 aliphatic heterocycles. The van der Waals surface area contributed by atoms with Gasteiger partial charge in [0.15, 0.2) is 0 Å². The summed E-state index contributed by atoms with van der Waals surface area (Å²) in [6.45, 7) is 1.90. The zero-order chi connectivity index (χ0) is 24.3. The third-order valence-electron chi connectivity index (χ3n) is 5.92. The van der Waals surface area contributed by atoms with E-state index in [0.717, 1.165) is 32.3 Å². The van der Waals surface area contributed by atoms with Crippen LogP contribution in [-0.4, -0.2) is 68.0 Å². The van der Waals surface area contributed by atoms with Crippen molar-refractivity contribution in [3.05, 3.63) is 30.1 Å². The smallest absolute Gasteiger partial charge is 0.314 e. The second-order valence-corrected chi connectivity index (χ2v) is 7.58. The lowest BCUT2D eigenvalue weighted by atomic mass is 9.74. The van der Waals surface area contributed by atoms with E-state index in [1.807, 2.05) is 13.0 Å². The van der Waals surface area contributed by atoms with E-state index in [1.165, 1.54) is 7.11 Å². The van der Waals surface area contributed by atoms with Gasteiger partial charge in [0.1, 0.15) is 17.8 Å². The molecule has 0 N–H and O–H groups in total. The van der Waals surface area contributed by atoms with Crippen molar-refractivity contribution in [2.24, 2.45) is 17.8 Å². The van der Waals surface area contributed by atoms with E-state index in [4.69, 9.17) is 23.7 Å². The predicted octanol–water partition coefficient (Wildman–Crippen LogP) is 1.17. The van der Waals surface area contributed by atoms with E-state index < -0.39 is 54.0 Å². The van der Waals surface area contributed by atoms with Gasteiger partial charge in [0.2, 0.25) is 0 Å². The van der Waals surface area contributed by atoms with Crippen LogP contribution < -0.4 is 0 Å². The first-order chi connectivity index (χ1) is 15.8. The zero-order valence-electron chi connectivity index (χ0n) is 19.0. The molecule has 3 rings (SSSR count). The number of fused-ring (bicyclic) bond motifs is 1. The molecule has 0 bridgehead atoms. The van der Waals surface area contributed by atoms with E-state index in [-0.39, 0.29) is 6.42 Å². The van der Waals surface area contributed by atoms with E-state index in [9.17, 15) is 19.2 Å². The summed E-state index contributed by atoms with van der Waals surface area (Å²) >= 11 is 0. The molecule has 11 nitrogen and oxygen atoms in total. The Hall–Kier alpha value is -3.47. The number of aromatic nitrogens is 2. The van der Waals surface area contributed by atoms with Gasteiger partial charge in [-0.15, -0.1) is 0 Å². The fourth-order valence-corrected chi connectivity index (χ4v) is 4.30. The summed E-state index contributed by atoms with van der Waals surface area (Å²) in [7, 11) is 4.63. The molecule has 0 amide bonds. The van der Waals surface area contributed by atoms with E-state index in [1.54, 1.807) is 23.0 Å². The summed E-state index contributed by atoms with van der Waals surface area (Å²) in [5.74, 6) is -7.11. The van der Waals surface area contributed by atoms with Gasteiger partial charge < -0.3 is 28.3 Å². The van der Waals surface area contributed by atoms with Gasteiger partial charge in [-0.1, -0.05) is 0 Å². The van der Waals surface area contributed by atoms with Crippen molar-refractivity contribution in [1.29, 1.82) is 0 Å². The monoisotopic (exact) mass is 462 g/mol. The Morgan fingerprint density at radius 1 is 0.909 bits per heavy atom. The minimum atomic E-state index is -1.36. The minimum Gasteiger partial charge on any atom is -0.469 e. The van der Waals surface area contributed by atoms with Crippen molar-refractivity contribution in [2.45, 2.75) is 25.7 Å². The Morgan fingerprint density at radius 3 is 2.12 bits per heavy atom. The lowest BCUT2D eigenvalue weighted by Crippen LogP contribution is -2.55. The maximum atomic E-state index is 13.0. The number of pyridine rings is 1. The normalized spacial score (nSPS) is 24.7. The van der Waals surface area contributed by atoms with Gasteiger partial charge in [0, 0.05) is 17.8 Å². The molecule has 5 unspecified atom stereocenters. The fraction of sp³-hybridized carbons (Fsp3) is 0.500. The van der Waals surface area contributed by atoms with Crippen molar-refractivity contribution in [3.63, 3.8) is 0 Å². The minimum absolute atomic E-state index is 0.361. The van der Waals surface area contributed by atoms with Gasteiger partial charge in [-0.05, 0) is 24.6 Å². The molecule has 0 radical (unpaired) electrons. The van der Waals surface area contributed by atoms with Crippen molar-refractivity contribution < 1.29 is 42.9 Å². The fourth-order valence-electron chi connectivity index (χ4n) is 4.30. The molecule has 5 atom stereocenters. The average Bonchev–Trinajstić information content (AvgIpc) is 3.27. The molecular weight excluding hydrogens is 436 g/mol. The number of carbonyl (C=O) groups is 4. The van der Waals surface area contributed by atoms with Gasteiger partial charge in [-0.25, -0.2) is 4.98 Å². The van der Waals surface area contributed by atoms with Crippen molar-refractivity contribution in [1.82, 2.24) is 9.55 Å². The molecule has 33 heavy (non-hydrogen) atoms. The Morgan fingerprint density at radius 2 is 1.52 bits per heavy atom. The molecule has 2 aromatic heterocycles. The SMILES string of the molecule is COC(=O)CC1OC(n2ccc3c(C)ccnc32)C(C(=O)OC)C(C(=O)OC)C1C(=O)OC. The molecule has 0 aromatic carbocycles. The first-order valence-electron chi connectivity index (χ1n) is 10.2. The second-order valence-electron chi connectivity index (χ2n) is 7.58. The third kappa shape index (κ3) is 4.40. The molecule has 1 saturated heterocycles. The maximum absolute atomic E-state index is 13.0. The Bertz CT molecular complexity index is 1060. The molecular formula is C22H26N2O9. The number of esters is 4. The molecule has 1 fully saturated rings. The van der Waals surface area contributed by atoms with Gasteiger partial charge in [-0.2, -0.15) is 0 Å². The quantitative estimate of drug-likeness (QED) is 0.455. The van der Waals surface area contributed by atoms with Crippen LogP contribution in [-0.2, 0) is 42.9 Å². The number of aryl methyl sites for hydroxylation is 1. The van der Waals surface area contributed by atoms with E-state index in [0.29, 0.717) is 5.65 Å². The summed E-state index contributed by atoms with van der Waals surface area (Å²) in [4.78, 5) is 55.2. The highest BCUT2D eigenvalue weighted by Crippen LogP contribution is 2.44. The number of hydrogen-bond donors (Lipinski definition) is 0. The topological polar surface area (TPSA) is 132 Å². The lowest BCUT2D eigenvalue weighted by Gasteiger charge is -2.43. The number of ether oxygens (including phenoxy) is 5. The van der Waals surface area contributed by atoms with Crippen molar-refractivity contribution >= 4 is 34.9 Å². The number of methoxy groups -OCH3 is 4. The zero-order valence-corrected chi connectivity index (χ0v) is 19.0. The first-order valence-corrected chi connectivity index (χ1v) is 10.2. The Kier molecular flexibility index (Phi) is 7.32. The van der Waals surface area contributed by atoms with Crippen LogP contribution in [0.3, 0.4) is 0 Å². The van der Waals surface area contributed by atoms with Crippen LogP contribution in [0.4, 0.5) is 0 Å². The molecule has 11 heteroatoms. The largest absolute Gasteiger partial charge is 0.469 e. The molecule has 0 aliphatic carbocycles. The van der Waals surface area contributed by atoms with Crippen LogP contribution in [0.1, 0.15) is 18.2 Å². The molecule has 178 valence electrons. The number of carbonyl (C=O) groups excluding carboxylic acids is 4. The Balaban J connectivity index is 2.22. The summed E-state index contributed by atoms with van der Waals surface area (Å²) < 4.78 is 27.3. The van der Waals surface area contributed by atoms with Crippen molar-refractivity contribution in [2.75, 3.05) is 28.4 Å². The average molecular weight is 462 g/mol. The van der Waals surface area contributed by atoms with Crippen LogP contribution in [0.15, 0.2) is 24.5 Å². The molecule has 0 saturated carbocycles. The molecule has 2 aromatic rings. The number of hydrogen-bond acceptors (Lipinski definition) is 10. The van der Waals surface area contributed by atoms with Gasteiger partial charge in [-0.3, -0.25) is 19.2 Å². The standard InChI is InChI=1S/C22H26N2O9/c1-11-6-8-23-18-12(11)7-9-24(18)19-17(22(28)32-5)16(21(27)31-4)15(20(26)30-3)13(33-19)10-14(25)29-2/h6-9,13,15-17,19H,10H2,1-5H3. The lowest BCUT2D eigenvalue weighted by molar-refractivity contribution is -0.214. The highest BCUT2D eigenvalue weighted by molar-refractivity contribution is 5.89. The van der Waals surface area contributed by atoms with Gasteiger partial charge in [0.25, 0.3) is 0 Å². The van der Waals surface area contributed by atoms with E-state index in [2.05, 4.69) is 4.98 Å². The summed E-state index contributed by atoms with van der Waals surface area (Å²) in [6, 6.07) is 3.63. The van der Waals surface area contributed by atoms with Crippen molar-refractivity contribution in [3.8, 4) is 0 Å². The van der Waals surface area contributed by atoms with E-state index >= 15 is 0 Å². The molecule has 1 aliphatic rings. The molecule has 0 spiro atoms. The summed E-state index contributed by atoms with van der Waals surface area (Å²) in [6.07, 6.45) is 0.615. The first kappa shape index (κ1) is 24.2. The summed E-state index contributed by atoms with van der Waals surface area (Å²) in [5.41, 5.74) is 1.43.